The Balaban J connectivity index is 1.87. The Morgan fingerprint density at radius 2 is 1.90 bits per heavy atom. The van der Waals surface area contributed by atoms with E-state index in [1.165, 1.54) is 12.1 Å². The number of benzene rings is 2. The van der Waals surface area contributed by atoms with E-state index in [0.717, 1.165) is 10.0 Å². The van der Waals surface area contributed by atoms with Gasteiger partial charge in [0.2, 0.25) is 0 Å². The zero-order chi connectivity index (χ0) is 15.2. The third kappa shape index (κ3) is 4.56. The second kappa shape index (κ2) is 7.22. The van der Waals surface area contributed by atoms with Crippen LogP contribution in [-0.2, 0) is 4.79 Å². The monoisotopic (exact) mass is 351 g/mol. The molecule has 2 aromatic rings. The lowest BCUT2D eigenvalue weighted by atomic mass is 10.1. The van der Waals surface area contributed by atoms with Gasteiger partial charge in [-0.2, -0.15) is 0 Å². The van der Waals surface area contributed by atoms with Crippen LogP contribution in [-0.4, -0.2) is 12.5 Å². The molecule has 0 aliphatic heterocycles. The highest BCUT2D eigenvalue weighted by molar-refractivity contribution is 9.10. The molecule has 0 heterocycles. The second-order valence-electron chi connectivity index (χ2n) is 4.56. The average Bonchev–Trinajstić information content (AvgIpc) is 2.47. The molecule has 2 rings (SSSR count). The van der Waals surface area contributed by atoms with Crippen LogP contribution in [0.2, 0.25) is 0 Å². The summed E-state index contributed by atoms with van der Waals surface area (Å²) in [6, 6.07) is 13.5. The average molecular weight is 352 g/mol. The van der Waals surface area contributed by atoms with Crippen molar-refractivity contribution in [3.63, 3.8) is 0 Å². The zero-order valence-corrected chi connectivity index (χ0v) is 13.1. The fraction of sp³-hybridized carbons (Fsp3) is 0.188. The minimum atomic E-state index is -0.480. The Morgan fingerprint density at radius 3 is 2.57 bits per heavy atom. The number of para-hydroxylation sites is 1. The molecule has 0 aliphatic carbocycles. The third-order valence-electron chi connectivity index (χ3n) is 2.94. The van der Waals surface area contributed by atoms with Crippen molar-refractivity contribution in [3.05, 3.63) is 64.4 Å². The molecular weight excluding hydrogens is 337 g/mol. The molecule has 0 aliphatic rings. The lowest BCUT2D eigenvalue weighted by Crippen LogP contribution is -2.31. The quantitative estimate of drug-likeness (QED) is 0.888. The number of hydrogen-bond donors (Lipinski definition) is 1. The van der Waals surface area contributed by atoms with E-state index in [1.807, 2.05) is 31.2 Å². The molecule has 0 aromatic heterocycles. The largest absolute Gasteiger partial charge is 0.481 e. The number of halogens is 2. The van der Waals surface area contributed by atoms with Crippen LogP contribution in [0.3, 0.4) is 0 Å². The molecule has 0 fully saturated rings. The molecule has 1 unspecified atom stereocenters. The van der Waals surface area contributed by atoms with E-state index in [2.05, 4.69) is 21.2 Å². The fourth-order valence-electron chi connectivity index (χ4n) is 1.82. The molecule has 1 atom stereocenters. The van der Waals surface area contributed by atoms with Crippen molar-refractivity contribution in [1.82, 2.24) is 5.32 Å². The highest BCUT2D eigenvalue weighted by Gasteiger charge is 2.11. The number of carbonyl (C=O) groups excluding carboxylic acids is 1. The molecule has 0 saturated carbocycles. The lowest BCUT2D eigenvalue weighted by Gasteiger charge is -2.15. The summed E-state index contributed by atoms with van der Waals surface area (Å²) in [7, 11) is 0. The summed E-state index contributed by atoms with van der Waals surface area (Å²) >= 11 is 3.36. The van der Waals surface area contributed by atoms with Gasteiger partial charge in [-0.15, -0.1) is 0 Å². The Kier molecular flexibility index (Phi) is 5.33. The summed E-state index contributed by atoms with van der Waals surface area (Å²) < 4.78 is 19.5. The molecule has 0 spiro atoms. The van der Waals surface area contributed by atoms with Gasteiger partial charge in [0.15, 0.2) is 18.2 Å². The van der Waals surface area contributed by atoms with Gasteiger partial charge < -0.3 is 10.1 Å². The molecule has 0 bridgehead atoms. The first-order valence-corrected chi connectivity index (χ1v) is 7.27. The Labute approximate surface area is 131 Å². The predicted octanol–water partition coefficient (Wildman–Crippen LogP) is 3.84. The molecular formula is C16H15BrFNO2. The number of hydrogen-bond acceptors (Lipinski definition) is 2. The van der Waals surface area contributed by atoms with Crippen LogP contribution in [0, 0.1) is 5.82 Å². The molecule has 1 N–H and O–H groups in total. The van der Waals surface area contributed by atoms with Crippen molar-refractivity contribution in [2.24, 2.45) is 0 Å². The van der Waals surface area contributed by atoms with Crippen LogP contribution in [0.1, 0.15) is 18.5 Å². The molecule has 0 saturated heterocycles. The number of amides is 1. The van der Waals surface area contributed by atoms with Crippen LogP contribution >= 0.6 is 15.9 Å². The topological polar surface area (TPSA) is 38.3 Å². The van der Waals surface area contributed by atoms with Crippen LogP contribution in [0.5, 0.6) is 5.75 Å². The minimum absolute atomic E-state index is 0.0731. The number of ether oxygens (including phenoxy) is 1. The van der Waals surface area contributed by atoms with Gasteiger partial charge in [-0.05, 0) is 36.8 Å². The van der Waals surface area contributed by atoms with Crippen LogP contribution in [0.25, 0.3) is 0 Å². The van der Waals surface area contributed by atoms with E-state index < -0.39 is 5.82 Å². The molecule has 5 heteroatoms. The van der Waals surface area contributed by atoms with Crippen LogP contribution in [0.15, 0.2) is 53.0 Å². The first-order valence-electron chi connectivity index (χ1n) is 6.48. The first-order chi connectivity index (χ1) is 10.1. The molecule has 3 nitrogen and oxygen atoms in total. The van der Waals surface area contributed by atoms with Crippen molar-refractivity contribution in [1.29, 1.82) is 0 Å². The van der Waals surface area contributed by atoms with E-state index >= 15 is 0 Å². The van der Waals surface area contributed by atoms with Gasteiger partial charge in [0.05, 0.1) is 6.04 Å². The summed E-state index contributed by atoms with van der Waals surface area (Å²) in [5.41, 5.74) is 0.984. The van der Waals surface area contributed by atoms with E-state index in [0.29, 0.717) is 0 Å². The lowest BCUT2D eigenvalue weighted by molar-refractivity contribution is -0.123. The summed E-state index contributed by atoms with van der Waals surface area (Å²) in [6.07, 6.45) is 0. The molecule has 2 aromatic carbocycles. The summed E-state index contributed by atoms with van der Waals surface area (Å²) in [5.74, 6) is -0.705. The summed E-state index contributed by atoms with van der Waals surface area (Å²) in [5, 5.41) is 2.80. The minimum Gasteiger partial charge on any atom is -0.481 e. The highest BCUT2D eigenvalue weighted by atomic mass is 79.9. The van der Waals surface area contributed by atoms with Crippen LogP contribution < -0.4 is 10.1 Å². The highest BCUT2D eigenvalue weighted by Crippen LogP contribution is 2.17. The van der Waals surface area contributed by atoms with Crippen LogP contribution in [0.4, 0.5) is 4.39 Å². The van der Waals surface area contributed by atoms with Gasteiger partial charge in [0, 0.05) is 4.47 Å². The number of carbonyl (C=O) groups is 1. The molecule has 1 amide bonds. The summed E-state index contributed by atoms with van der Waals surface area (Å²) in [6.45, 7) is 1.66. The van der Waals surface area contributed by atoms with Gasteiger partial charge in [-0.3, -0.25) is 4.79 Å². The number of nitrogens with one attached hydrogen (secondary N) is 1. The van der Waals surface area contributed by atoms with E-state index in [-0.39, 0.29) is 24.3 Å². The SMILES string of the molecule is CC(NC(=O)COc1ccccc1F)c1ccc(Br)cc1. The second-order valence-corrected chi connectivity index (χ2v) is 5.48. The zero-order valence-electron chi connectivity index (χ0n) is 11.5. The van der Waals surface area contributed by atoms with Crippen molar-refractivity contribution < 1.29 is 13.9 Å². The third-order valence-corrected chi connectivity index (χ3v) is 3.47. The van der Waals surface area contributed by atoms with Crippen molar-refractivity contribution in [3.8, 4) is 5.75 Å². The molecule has 0 radical (unpaired) electrons. The molecule has 21 heavy (non-hydrogen) atoms. The van der Waals surface area contributed by atoms with Gasteiger partial charge in [-0.25, -0.2) is 4.39 Å². The number of rotatable bonds is 5. The smallest absolute Gasteiger partial charge is 0.258 e. The summed E-state index contributed by atoms with van der Waals surface area (Å²) in [4.78, 5) is 11.8. The van der Waals surface area contributed by atoms with E-state index in [4.69, 9.17) is 4.74 Å². The maximum atomic E-state index is 13.3. The standard InChI is InChI=1S/C16H15BrFNO2/c1-11(12-6-8-13(17)9-7-12)19-16(20)10-21-15-5-3-2-4-14(15)18/h2-9,11H,10H2,1H3,(H,19,20). The molecule has 110 valence electrons. The van der Waals surface area contributed by atoms with Gasteiger partial charge in [0.25, 0.3) is 5.91 Å². The predicted molar refractivity (Wildman–Crippen MR) is 82.6 cm³/mol. The van der Waals surface area contributed by atoms with Gasteiger partial charge >= 0.3 is 0 Å². The maximum Gasteiger partial charge on any atom is 0.258 e. The normalized spacial score (nSPS) is 11.8. The maximum absolute atomic E-state index is 13.3. The van der Waals surface area contributed by atoms with Gasteiger partial charge in [-0.1, -0.05) is 40.2 Å². The first kappa shape index (κ1) is 15.5. The van der Waals surface area contributed by atoms with Gasteiger partial charge in [0.1, 0.15) is 0 Å². The van der Waals surface area contributed by atoms with E-state index in [9.17, 15) is 9.18 Å². The Bertz CT molecular complexity index is 616. The Morgan fingerprint density at radius 1 is 1.24 bits per heavy atom. The Hall–Kier alpha value is -1.88. The van der Waals surface area contributed by atoms with Crippen molar-refractivity contribution in [2.75, 3.05) is 6.61 Å². The van der Waals surface area contributed by atoms with E-state index in [1.54, 1.807) is 12.1 Å². The van der Waals surface area contributed by atoms with Crippen molar-refractivity contribution >= 4 is 21.8 Å². The fourth-order valence-corrected chi connectivity index (χ4v) is 2.09. The van der Waals surface area contributed by atoms with Crippen molar-refractivity contribution in [2.45, 2.75) is 13.0 Å².